The second-order valence-electron chi connectivity index (χ2n) is 6.88. The molecule has 0 aliphatic carbocycles. The molecule has 2 aromatic carbocycles. The summed E-state index contributed by atoms with van der Waals surface area (Å²) in [6.45, 7) is 1.56. The molecule has 7 nitrogen and oxygen atoms in total. The van der Waals surface area contributed by atoms with Crippen molar-refractivity contribution in [3.8, 4) is 5.75 Å². The van der Waals surface area contributed by atoms with Crippen LogP contribution in [0.4, 0.5) is 4.79 Å². The predicted octanol–water partition coefficient (Wildman–Crippen LogP) is 2.18. The third-order valence-electron chi connectivity index (χ3n) is 4.76. The van der Waals surface area contributed by atoms with E-state index in [1.165, 1.54) is 0 Å². The number of ether oxygens (including phenoxy) is 2. The number of nitrogens with one attached hydrogen (secondary N) is 2. The molecule has 1 aliphatic heterocycles. The molecule has 1 aliphatic rings. The van der Waals surface area contributed by atoms with E-state index >= 15 is 0 Å². The van der Waals surface area contributed by atoms with Gasteiger partial charge in [-0.3, -0.25) is 4.79 Å². The number of hydrogen-bond acceptors (Lipinski definition) is 4. The van der Waals surface area contributed by atoms with Crippen LogP contribution in [-0.4, -0.2) is 55.8 Å². The van der Waals surface area contributed by atoms with Gasteiger partial charge in [0.1, 0.15) is 17.9 Å². The van der Waals surface area contributed by atoms with Crippen LogP contribution in [0.15, 0.2) is 60.7 Å². The Morgan fingerprint density at radius 1 is 1.03 bits per heavy atom. The van der Waals surface area contributed by atoms with Crippen molar-refractivity contribution in [1.29, 1.82) is 0 Å². The van der Waals surface area contributed by atoms with Crippen LogP contribution in [0.3, 0.4) is 0 Å². The van der Waals surface area contributed by atoms with Crippen molar-refractivity contribution in [1.82, 2.24) is 15.5 Å². The van der Waals surface area contributed by atoms with Crippen LogP contribution < -0.4 is 15.4 Å². The lowest BCUT2D eigenvalue weighted by Gasteiger charge is -2.24. The van der Waals surface area contributed by atoms with E-state index in [1.54, 1.807) is 12.0 Å². The lowest BCUT2D eigenvalue weighted by Crippen LogP contribution is -2.49. The summed E-state index contributed by atoms with van der Waals surface area (Å²) >= 11 is 0. The van der Waals surface area contributed by atoms with Crippen LogP contribution in [0.5, 0.6) is 5.75 Å². The summed E-state index contributed by atoms with van der Waals surface area (Å²) in [5, 5.41) is 5.73. The first-order valence-electron chi connectivity index (χ1n) is 9.74. The Morgan fingerprint density at radius 3 is 2.41 bits per heavy atom. The molecule has 0 unspecified atom stereocenters. The van der Waals surface area contributed by atoms with Gasteiger partial charge in [-0.15, -0.1) is 0 Å². The number of methoxy groups -OCH3 is 1. The van der Waals surface area contributed by atoms with Crippen molar-refractivity contribution in [2.45, 2.75) is 25.1 Å². The maximum Gasteiger partial charge on any atom is 0.318 e. The zero-order chi connectivity index (χ0) is 20.5. The standard InChI is InChI=1S/C22H27N3O4/c1-28-13-12-23-21(26)20-14-19(29-18-10-6-3-7-11-18)16-25(20)22(27)24-15-17-8-4-2-5-9-17/h2-11,19-20H,12-16H2,1H3,(H,23,26)(H,24,27)/t19-,20+/m0/s1. The van der Waals surface area contributed by atoms with E-state index < -0.39 is 6.04 Å². The molecule has 2 atom stereocenters. The van der Waals surface area contributed by atoms with Crippen LogP contribution in [0.1, 0.15) is 12.0 Å². The summed E-state index contributed by atoms with van der Waals surface area (Å²) in [5.74, 6) is 0.527. The molecule has 1 fully saturated rings. The number of para-hydroxylation sites is 1. The Bertz CT molecular complexity index is 785. The molecule has 154 valence electrons. The highest BCUT2D eigenvalue weighted by molar-refractivity contribution is 5.87. The summed E-state index contributed by atoms with van der Waals surface area (Å²) in [6.07, 6.45) is 0.185. The fourth-order valence-electron chi connectivity index (χ4n) is 3.32. The average molecular weight is 397 g/mol. The molecule has 1 heterocycles. The maximum absolute atomic E-state index is 12.8. The molecule has 2 aromatic rings. The van der Waals surface area contributed by atoms with E-state index in [0.29, 0.717) is 32.7 Å². The van der Waals surface area contributed by atoms with Crippen molar-refractivity contribution in [3.63, 3.8) is 0 Å². The van der Waals surface area contributed by atoms with Gasteiger partial charge in [-0.25, -0.2) is 4.79 Å². The minimum atomic E-state index is -0.587. The van der Waals surface area contributed by atoms with Crippen molar-refractivity contribution >= 4 is 11.9 Å². The normalized spacial score (nSPS) is 18.3. The Hall–Kier alpha value is -3.06. The molecule has 3 amide bonds. The van der Waals surface area contributed by atoms with Gasteiger partial charge in [-0.05, 0) is 17.7 Å². The van der Waals surface area contributed by atoms with Crippen molar-refractivity contribution < 1.29 is 19.1 Å². The van der Waals surface area contributed by atoms with Crippen molar-refractivity contribution in [2.75, 3.05) is 26.8 Å². The number of likely N-dealkylation sites (tertiary alicyclic amines) is 1. The van der Waals surface area contributed by atoms with Gasteiger partial charge in [0, 0.05) is 26.6 Å². The minimum Gasteiger partial charge on any atom is -0.488 e. The maximum atomic E-state index is 12.8. The Morgan fingerprint density at radius 2 is 1.72 bits per heavy atom. The van der Waals surface area contributed by atoms with Crippen LogP contribution in [0.25, 0.3) is 0 Å². The van der Waals surface area contributed by atoms with Crippen LogP contribution in [-0.2, 0) is 16.1 Å². The van der Waals surface area contributed by atoms with E-state index in [0.717, 1.165) is 11.3 Å². The predicted molar refractivity (Wildman–Crippen MR) is 110 cm³/mol. The highest BCUT2D eigenvalue weighted by atomic mass is 16.5. The van der Waals surface area contributed by atoms with Crippen LogP contribution in [0.2, 0.25) is 0 Å². The van der Waals surface area contributed by atoms with Crippen molar-refractivity contribution in [2.24, 2.45) is 0 Å². The van der Waals surface area contributed by atoms with Gasteiger partial charge >= 0.3 is 6.03 Å². The van der Waals surface area contributed by atoms with Crippen molar-refractivity contribution in [3.05, 3.63) is 66.2 Å². The number of benzene rings is 2. The Kier molecular flexibility index (Phi) is 7.47. The molecular weight excluding hydrogens is 370 g/mol. The summed E-state index contributed by atoms with van der Waals surface area (Å²) < 4.78 is 11.0. The first-order chi connectivity index (χ1) is 14.2. The third-order valence-corrected chi connectivity index (χ3v) is 4.76. The van der Waals surface area contributed by atoms with E-state index in [4.69, 9.17) is 9.47 Å². The van der Waals surface area contributed by atoms with Crippen LogP contribution >= 0.6 is 0 Å². The van der Waals surface area contributed by atoms with Crippen LogP contribution in [0, 0.1) is 0 Å². The van der Waals surface area contributed by atoms with E-state index in [1.807, 2.05) is 60.7 Å². The SMILES string of the molecule is COCCNC(=O)[C@H]1C[C@H](Oc2ccccc2)CN1C(=O)NCc1ccccc1. The monoisotopic (exact) mass is 397 g/mol. The third kappa shape index (κ3) is 5.96. The molecule has 3 rings (SSSR count). The average Bonchev–Trinajstić information content (AvgIpc) is 3.17. The van der Waals surface area contributed by atoms with Gasteiger partial charge in [0.2, 0.25) is 5.91 Å². The van der Waals surface area contributed by atoms with Gasteiger partial charge in [0.15, 0.2) is 0 Å². The Balaban J connectivity index is 1.64. The molecule has 29 heavy (non-hydrogen) atoms. The highest BCUT2D eigenvalue weighted by Crippen LogP contribution is 2.23. The summed E-state index contributed by atoms with van der Waals surface area (Å²) in [7, 11) is 1.58. The van der Waals surface area contributed by atoms with E-state index in [-0.39, 0.29) is 18.0 Å². The zero-order valence-corrected chi connectivity index (χ0v) is 16.5. The fraction of sp³-hybridized carbons (Fsp3) is 0.364. The van der Waals surface area contributed by atoms with E-state index in [2.05, 4.69) is 10.6 Å². The van der Waals surface area contributed by atoms with Gasteiger partial charge in [0.25, 0.3) is 0 Å². The molecule has 0 aromatic heterocycles. The number of carbonyl (C=O) groups excluding carboxylic acids is 2. The van der Waals surface area contributed by atoms with Gasteiger partial charge < -0.3 is 25.0 Å². The number of urea groups is 1. The molecular formula is C22H27N3O4. The first kappa shape index (κ1) is 20.7. The fourth-order valence-corrected chi connectivity index (χ4v) is 3.32. The van der Waals surface area contributed by atoms with Gasteiger partial charge in [-0.2, -0.15) is 0 Å². The molecule has 0 radical (unpaired) electrons. The molecule has 0 bridgehead atoms. The zero-order valence-electron chi connectivity index (χ0n) is 16.5. The molecule has 7 heteroatoms. The largest absolute Gasteiger partial charge is 0.488 e. The van der Waals surface area contributed by atoms with Gasteiger partial charge in [-0.1, -0.05) is 48.5 Å². The number of amides is 3. The second kappa shape index (κ2) is 10.5. The Labute approximate surface area is 171 Å². The smallest absolute Gasteiger partial charge is 0.318 e. The molecule has 2 N–H and O–H groups in total. The second-order valence-corrected chi connectivity index (χ2v) is 6.88. The number of carbonyl (C=O) groups is 2. The number of hydrogen-bond donors (Lipinski definition) is 2. The number of nitrogens with zero attached hydrogens (tertiary/aromatic N) is 1. The summed E-state index contributed by atoms with van der Waals surface area (Å²) in [6, 6.07) is 18.2. The molecule has 0 saturated carbocycles. The highest BCUT2D eigenvalue weighted by Gasteiger charge is 2.40. The molecule has 0 spiro atoms. The lowest BCUT2D eigenvalue weighted by atomic mass is 10.2. The van der Waals surface area contributed by atoms with E-state index in [9.17, 15) is 9.59 Å². The summed E-state index contributed by atoms with van der Waals surface area (Å²) in [5.41, 5.74) is 0.998. The molecule has 1 saturated heterocycles. The topological polar surface area (TPSA) is 79.9 Å². The van der Waals surface area contributed by atoms with Gasteiger partial charge in [0.05, 0.1) is 13.2 Å². The number of rotatable bonds is 8. The summed E-state index contributed by atoms with van der Waals surface area (Å²) in [4.78, 5) is 27.0. The quantitative estimate of drug-likeness (QED) is 0.669. The minimum absolute atomic E-state index is 0.198. The first-order valence-corrected chi connectivity index (χ1v) is 9.74. The lowest BCUT2D eigenvalue weighted by molar-refractivity contribution is -0.124.